The number of amides is 3. The molecule has 0 aromatic heterocycles. The molecule has 0 saturated carbocycles. The molecule has 1 aromatic rings. The van der Waals surface area contributed by atoms with Gasteiger partial charge in [0.15, 0.2) is 0 Å². The predicted octanol–water partition coefficient (Wildman–Crippen LogP) is 0.853. The van der Waals surface area contributed by atoms with Gasteiger partial charge in [0.2, 0.25) is 11.8 Å². The molecule has 0 aliphatic carbocycles. The number of hydrogen-bond donors (Lipinski definition) is 4. The van der Waals surface area contributed by atoms with Crippen LogP contribution in [0.5, 0.6) is 0 Å². The van der Waals surface area contributed by atoms with Crippen molar-refractivity contribution in [3.63, 3.8) is 0 Å². The quantitative estimate of drug-likeness (QED) is 0.164. The van der Waals surface area contributed by atoms with Crippen molar-refractivity contribution in [1.82, 2.24) is 20.4 Å². The molecule has 1 fully saturated rings. The Labute approximate surface area is 228 Å². The van der Waals surface area contributed by atoms with Crippen LogP contribution in [0.3, 0.4) is 0 Å². The van der Waals surface area contributed by atoms with Crippen molar-refractivity contribution in [2.24, 2.45) is 0 Å². The minimum atomic E-state index is -4.60. The number of benzene rings is 1. The summed E-state index contributed by atoms with van der Waals surface area (Å²) in [5.74, 6) is -3.35. The normalized spacial score (nSPS) is 16.1. The molecule has 1 aromatic carbocycles. The Kier molecular flexibility index (Phi) is 13.1. The summed E-state index contributed by atoms with van der Waals surface area (Å²) >= 11 is 0. The van der Waals surface area contributed by atoms with Gasteiger partial charge in [-0.15, -0.1) is 0 Å². The number of ether oxygens (including phenoxy) is 1. The number of nitrogens with one attached hydrogen (secondary N) is 2. The van der Waals surface area contributed by atoms with Crippen LogP contribution in [0.1, 0.15) is 44.1 Å². The number of carbonyl (C=O) groups is 4. The number of likely N-dealkylation sites (N-methyl/N-ethyl adjacent to an activating group) is 1. The lowest BCUT2D eigenvalue weighted by molar-refractivity contribution is -0.137. The molecule has 0 radical (unpaired) electrons. The number of likely N-dealkylation sites (tertiary alicyclic amines) is 1. The maximum Gasteiger partial charge on any atom is 0.410 e. The first-order valence-corrected chi connectivity index (χ1v) is 14.5. The molecule has 13 nitrogen and oxygen atoms in total. The summed E-state index contributed by atoms with van der Waals surface area (Å²) in [4.78, 5) is 52.0. The van der Waals surface area contributed by atoms with Gasteiger partial charge in [-0.25, -0.2) is 4.79 Å². The van der Waals surface area contributed by atoms with Crippen molar-refractivity contribution >= 4 is 34.0 Å². The monoisotopic (exact) mass is 570 g/mol. The number of carboxylic acid groups (broad SMARTS) is 1. The third kappa shape index (κ3) is 12.4. The van der Waals surface area contributed by atoms with E-state index in [0.717, 1.165) is 18.4 Å². The Hall–Kier alpha value is -3.23. The predicted molar refractivity (Wildman–Crippen MR) is 141 cm³/mol. The van der Waals surface area contributed by atoms with E-state index in [1.165, 1.54) is 4.90 Å². The van der Waals surface area contributed by atoms with Crippen LogP contribution < -0.4 is 10.6 Å². The van der Waals surface area contributed by atoms with Crippen LogP contribution in [0.25, 0.3) is 0 Å². The van der Waals surface area contributed by atoms with Gasteiger partial charge in [-0.1, -0.05) is 36.8 Å². The Morgan fingerprint density at radius 3 is 2.51 bits per heavy atom. The molecule has 2 unspecified atom stereocenters. The van der Waals surface area contributed by atoms with E-state index in [9.17, 15) is 32.1 Å². The molecule has 218 valence electrons. The molecule has 1 aliphatic rings. The molecule has 2 atom stereocenters. The molecule has 3 amide bonds. The summed E-state index contributed by atoms with van der Waals surface area (Å²) in [5.41, 5.74) is 0.778. The van der Waals surface area contributed by atoms with Gasteiger partial charge in [-0.2, -0.15) is 8.42 Å². The highest BCUT2D eigenvalue weighted by Gasteiger charge is 2.37. The molecule has 1 heterocycles. The second-order valence-electron chi connectivity index (χ2n) is 9.50. The minimum Gasteiger partial charge on any atom is -0.481 e. The highest BCUT2D eigenvalue weighted by molar-refractivity contribution is 7.85. The molecular formula is C25H38N4O9S. The van der Waals surface area contributed by atoms with Crippen LogP contribution in [0.4, 0.5) is 4.79 Å². The van der Waals surface area contributed by atoms with E-state index in [1.807, 2.05) is 18.0 Å². The van der Waals surface area contributed by atoms with Crippen molar-refractivity contribution in [2.45, 2.75) is 57.2 Å². The Bertz CT molecular complexity index is 1070. The number of aliphatic carboxylic acids is 1. The largest absolute Gasteiger partial charge is 0.481 e. The van der Waals surface area contributed by atoms with Crippen LogP contribution in [-0.2, 0) is 35.8 Å². The first kappa shape index (κ1) is 32.0. The molecule has 0 bridgehead atoms. The number of carbonyl (C=O) groups excluding carboxylic acids is 3. The number of unbranched alkanes of at least 4 members (excludes halogenated alkanes) is 2. The third-order valence-corrected chi connectivity index (χ3v) is 6.98. The molecule has 2 rings (SSSR count). The average molecular weight is 571 g/mol. The van der Waals surface area contributed by atoms with E-state index in [-0.39, 0.29) is 26.1 Å². The second kappa shape index (κ2) is 16.0. The number of hydrogen-bond acceptors (Lipinski definition) is 8. The molecular weight excluding hydrogens is 532 g/mol. The molecule has 0 spiro atoms. The van der Waals surface area contributed by atoms with Gasteiger partial charge in [0.1, 0.15) is 24.4 Å². The Balaban J connectivity index is 1.86. The van der Waals surface area contributed by atoms with E-state index in [4.69, 9.17) is 9.84 Å². The Morgan fingerprint density at radius 2 is 1.85 bits per heavy atom. The maximum absolute atomic E-state index is 13.0. The van der Waals surface area contributed by atoms with Crippen LogP contribution in [0.15, 0.2) is 30.3 Å². The van der Waals surface area contributed by atoms with Crippen LogP contribution >= 0.6 is 0 Å². The summed E-state index contributed by atoms with van der Waals surface area (Å²) in [7, 11) is -2.78. The summed E-state index contributed by atoms with van der Waals surface area (Å²) in [6, 6.07) is 6.52. The van der Waals surface area contributed by atoms with Crippen molar-refractivity contribution in [3.8, 4) is 0 Å². The molecule has 4 N–H and O–H groups in total. The summed E-state index contributed by atoms with van der Waals surface area (Å²) in [5, 5.41) is 13.6. The third-order valence-electron chi connectivity index (χ3n) is 6.23. The van der Waals surface area contributed by atoms with E-state index >= 15 is 0 Å². The summed E-state index contributed by atoms with van der Waals surface area (Å²) < 4.78 is 37.7. The van der Waals surface area contributed by atoms with E-state index in [1.54, 1.807) is 24.3 Å². The first-order chi connectivity index (χ1) is 18.5. The fourth-order valence-electron chi connectivity index (χ4n) is 4.16. The SMILES string of the molecule is CN(CCCCCC(=O)O)CCNC(=O)C(CS(=O)(=O)O)NC(=O)C1CCCN1C(=O)OCc1ccccc1. The first-order valence-electron chi connectivity index (χ1n) is 12.9. The van der Waals surface area contributed by atoms with E-state index < -0.39 is 51.8 Å². The Morgan fingerprint density at radius 1 is 1.13 bits per heavy atom. The summed E-state index contributed by atoms with van der Waals surface area (Å²) in [6.45, 7) is 1.56. The fraction of sp³-hybridized carbons (Fsp3) is 0.600. The zero-order chi connectivity index (χ0) is 28.8. The van der Waals surface area contributed by atoms with Crippen LogP contribution in [0, 0.1) is 0 Å². The van der Waals surface area contributed by atoms with E-state index in [2.05, 4.69) is 10.6 Å². The zero-order valence-electron chi connectivity index (χ0n) is 22.1. The van der Waals surface area contributed by atoms with Gasteiger partial charge in [0.25, 0.3) is 10.1 Å². The van der Waals surface area contributed by atoms with Crippen molar-refractivity contribution < 1.29 is 42.0 Å². The number of nitrogens with zero attached hydrogens (tertiary/aromatic N) is 2. The fourth-order valence-corrected chi connectivity index (χ4v) is 4.82. The maximum atomic E-state index is 13.0. The average Bonchev–Trinajstić information content (AvgIpc) is 3.36. The highest BCUT2D eigenvalue weighted by atomic mass is 32.2. The van der Waals surface area contributed by atoms with Crippen LogP contribution in [-0.4, -0.2) is 103 Å². The van der Waals surface area contributed by atoms with Gasteiger partial charge in [-0.3, -0.25) is 23.8 Å². The lowest BCUT2D eigenvalue weighted by Crippen LogP contribution is -2.55. The van der Waals surface area contributed by atoms with Crippen LogP contribution in [0.2, 0.25) is 0 Å². The van der Waals surface area contributed by atoms with E-state index in [0.29, 0.717) is 32.4 Å². The molecule has 1 aliphatic heterocycles. The topological polar surface area (TPSA) is 183 Å². The van der Waals surface area contributed by atoms with Gasteiger partial charge in [0, 0.05) is 26.1 Å². The van der Waals surface area contributed by atoms with Crippen molar-refractivity contribution in [1.29, 1.82) is 0 Å². The highest BCUT2D eigenvalue weighted by Crippen LogP contribution is 2.19. The van der Waals surface area contributed by atoms with Gasteiger partial charge < -0.3 is 25.4 Å². The van der Waals surface area contributed by atoms with Gasteiger partial charge in [-0.05, 0) is 44.8 Å². The van der Waals surface area contributed by atoms with Crippen molar-refractivity contribution in [2.75, 3.05) is 39.0 Å². The number of rotatable bonds is 16. The summed E-state index contributed by atoms with van der Waals surface area (Å²) in [6.07, 6.45) is 2.38. The smallest absolute Gasteiger partial charge is 0.410 e. The van der Waals surface area contributed by atoms with Crippen molar-refractivity contribution in [3.05, 3.63) is 35.9 Å². The molecule has 14 heteroatoms. The molecule has 1 saturated heterocycles. The second-order valence-corrected chi connectivity index (χ2v) is 11.0. The lowest BCUT2D eigenvalue weighted by Gasteiger charge is -2.25. The zero-order valence-corrected chi connectivity index (χ0v) is 22.9. The van der Waals surface area contributed by atoms with Gasteiger partial charge in [0.05, 0.1) is 0 Å². The standard InChI is InChI=1S/C25H38N4O9S/c1-28(14-7-3-6-12-22(30)31)16-13-26-23(32)20(18-39(35,36)37)27-24(33)21-11-8-15-29(21)25(34)38-17-19-9-4-2-5-10-19/h2,4-5,9-10,20-21H,3,6-8,11-18H2,1H3,(H,26,32)(H,27,33)(H,30,31)(H,35,36,37). The van der Waals surface area contributed by atoms with Gasteiger partial charge >= 0.3 is 12.1 Å². The molecule has 39 heavy (non-hydrogen) atoms. The number of carboxylic acids is 1. The minimum absolute atomic E-state index is 0.0229. The lowest BCUT2D eigenvalue weighted by atomic mass is 10.2.